The highest BCUT2D eigenvalue weighted by molar-refractivity contribution is 7.89. The number of benzene rings is 2. The van der Waals surface area contributed by atoms with E-state index in [1.165, 1.54) is 6.07 Å². The molecule has 2 fully saturated rings. The summed E-state index contributed by atoms with van der Waals surface area (Å²) in [6.45, 7) is 2.06. The van der Waals surface area contributed by atoms with Crippen LogP contribution in [0.1, 0.15) is 47.4 Å². The highest BCUT2D eigenvalue weighted by atomic mass is 32.2. The van der Waals surface area contributed by atoms with Crippen molar-refractivity contribution in [3.05, 3.63) is 70.3 Å². The molecule has 5 rings (SSSR count). The molecule has 2 aromatic carbocycles. The van der Waals surface area contributed by atoms with Crippen molar-refractivity contribution in [1.29, 1.82) is 0 Å². The predicted molar refractivity (Wildman–Crippen MR) is 116 cm³/mol. The molecule has 2 aliphatic carbocycles. The Kier molecular flexibility index (Phi) is 5.39. The largest absolute Gasteiger partial charge is 0.299 e. The van der Waals surface area contributed by atoms with E-state index in [1.807, 2.05) is 12.1 Å². The van der Waals surface area contributed by atoms with Gasteiger partial charge in [0.25, 0.3) is 0 Å². The molecule has 0 amide bonds. The van der Waals surface area contributed by atoms with E-state index in [-0.39, 0.29) is 35.9 Å². The molecule has 0 bridgehead atoms. The highest BCUT2D eigenvalue weighted by Gasteiger charge is 2.41. The Labute approximate surface area is 182 Å². The number of primary sulfonamides is 1. The number of likely N-dealkylation sites (tertiary alicyclic amines) is 1. The zero-order valence-electron chi connectivity index (χ0n) is 17.4. The molecule has 2 N–H and O–H groups in total. The van der Waals surface area contributed by atoms with E-state index in [4.69, 9.17) is 5.14 Å². The summed E-state index contributed by atoms with van der Waals surface area (Å²) in [6, 6.07) is 10.4. The Morgan fingerprint density at radius 2 is 1.90 bits per heavy atom. The lowest BCUT2D eigenvalue weighted by Crippen LogP contribution is -2.47. The highest BCUT2D eigenvalue weighted by Crippen LogP contribution is 2.42. The summed E-state index contributed by atoms with van der Waals surface area (Å²) in [5.74, 6) is -0.442. The van der Waals surface area contributed by atoms with E-state index in [2.05, 4.69) is 4.90 Å². The van der Waals surface area contributed by atoms with Crippen LogP contribution >= 0.6 is 0 Å². The predicted octanol–water partition coefficient (Wildman–Crippen LogP) is 3.53. The van der Waals surface area contributed by atoms with Gasteiger partial charge in [0.15, 0.2) is 0 Å². The van der Waals surface area contributed by atoms with Gasteiger partial charge in [0.2, 0.25) is 10.0 Å². The van der Waals surface area contributed by atoms with Crippen LogP contribution in [0.25, 0.3) is 0 Å². The number of fused-ring (bicyclic) bond motifs is 1. The lowest BCUT2D eigenvalue weighted by Gasteiger charge is -2.39. The molecule has 2 aromatic rings. The van der Waals surface area contributed by atoms with Gasteiger partial charge in [0.1, 0.15) is 11.6 Å². The number of nitrogens with two attached hydrogens (primary N) is 1. The third-order valence-electron chi connectivity index (χ3n) is 7.30. The number of rotatable bonds is 7. The number of hydrogen-bond acceptors (Lipinski definition) is 3. The van der Waals surface area contributed by atoms with Crippen molar-refractivity contribution < 1.29 is 17.2 Å². The lowest BCUT2D eigenvalue weighted by atomic mass is 9.88. The van der Waals surface area contributed by atoms with Gasteiger partial charge in [-0.15, -0.1) is 0 Å². The van der Waals surface area contributed by atoms with E-state index >= 15 is 4.39 Å². The Bertz CT molecular complexity index is 1100. The second-order valence-corrected chi connectivity index (χ2v) is 11.2. The standard InChI is InChI=1S/C24H28F2N2O2S/c25-19-4-1-3-15(9-19)10-21-20-11-18(14-24(16-5-6-16)31(27,29)30)22(26)12-17(20)13-23(21)28-7-2-8-28/h1,3-4,9,11-12,16,21,23-24H,2,5-8,10,13-14H2,(H2,27,29,30). The molecule has 0 spiro atoms. The van der Waals surface area contributed by atoms with Crippen LogP contribution in [0.5, 0.6) is 0 Å². The van der Waals surface area contributed by atoms with Crippen LogP contribution in [0.4, 0.5) is 8.78 Å². The molecule has 1 saturated heterocycles. The number of hydrogen-bond donors (Lipinski definition) is 1. The third-order valence-corrected chi connectivity index (χ3v) is 8.69. The zero-order valence-corrected chi connectivity index (χ0v) is 18.3. The van der Waals surface area contributed by atoms with Gasteiger partial charge in [0, 0.05) is 12.0 Å². The SMILES string of the molecule is NS(=O)(=O)C(Cc1cc2c(cc1F)CC(N1CCC1)C2Cc1cccc(F)c1)C1CC1. The van der Waals surface area contributed by atoms with E-state index in [9.17, 15) is 12.8 Å². The van der Waals surface area contributed by atoms with Crippen LogP contribution in [-0.2, 0) is 29.3 Å². The normalized spacial score (nSPS) is 24.6. The quantitative estimate of drug-likeness (QED) is 0.708. The molecular weight excluding hydrogens is 418 g/mol. The Morgan fingerprint density at radius 3 is 2.52 bits per heavy atom. The first kappa shape index (κ1) is 21.0. The van der Waals surface area contributed by atoms with Gasteiger partial charge in [-0.1, -0.05) is 18.2 Å². The lowest BCUT2D eigenvalue weighted by molar-refractivity contribution is 0.106. The summed E-state index contributed by atoms with van der Waals surface area (Å²) < 4.78 is 53.0. The van der Waals surface area contributed by atoms with Crippen molar-refractivity contribution in [1.82, 2.24) is 4.90 Å². The maximum absolute atomic E-state index is 15.0. The first-order valence-electron chi connectivity index (χ1n) is 11.1. The second kappa shape index (κ2) is 7.94. The molecule has 3 aliphatic rings. The van der Waals surface area contributed by atoms with Crippen molar-refractivity contribution in [3.63, 3.8) is 0 Å². The third kappa shape index (κ3) is 4.28. The average Bonchev–Trinajstić information content (AvgIpc) is 3.43. The fourth-order valence-corrected chi connectivity index (χ4v) is 6.61. The van der Waals surface area contributed by atoms with E-state index in [0.717, 1.165) is 55.5 Å². The van der Waals surface area contributed by atoms with Crippen molar-refractivity contribution in [2.75, 3.05) is 13.1 Å². The van der Waals surface area contributed by atoms with Gasteiger partial charge in [-0.3, -0.25) is 4.90 Å². The van der Waals surface area contributed by atoms with Crippen molar-refractivity contribution in [2.45, 2.75) is 55.7 Å². The molecule has 1 saturated carbocycles. The van der Waals surface area contributed by atoms with Gasteiger partial charge < -0.3 is 0 Å². The average molecular weight is 447 g/mol. The second-order valence-electron chi connectivity index (χ2n) is 9.41. The van der Waals surface area contributed by atoms with Gasteiger partial charge >= 0.3 is 0 Å². The number of sulfonamides is 1. The summed E-state index contributed by atoms with van der Waals surface area (Å²) in [6.07, 6.45) is 4.38. The number of halogens is 2. The van der Waals surface area contributed by atoms with E-state index in [1.54, 1.807) is 18.2 Å². The minimum atomic E-state index is -3.73. The smallest absolute Gasteiger partial charge is 0.212 e. The molecule has 0 radical (unpaired) electrons. The summed E-state index contributed by atoms with van der Waals surface area (Å²) in [7, 11) is -3.73. The molecular formula is C24H28F2N2O2S. The maximum Gasteiger partial charge on any atom is 0.212 e. The maximum atomic E-state index is 15.0. The minimum absolute atomic E-state index is 0.0274. The Morgan fingerprint density at radius 1 is 1.13 bits per heavy atom. The van der Waals surface area contributed by atoms with Crippen LogP contribution < -0.4 is 5.14 Å². The molecule has 7 heteroatoms. The van der Waals surface area contributed by atoms with Gasteiger partial charge in [-0.25, -0.2) is 22.3 Å². The van der Waals surface area contributed by atoms with Crippen LogP contribution in [0.3, 0.4) is 0 Å². The first-order valence-corrected chi connectivity index (χ1v) is 12.7. The van der Waals surface area contributed by atoms with E-state index in [0.29, 0.717) is 12.0 Å². The topological polar surface area (TPSA) is 63.4 Å². The van der Waals surface area contributed by atoms with Crippen LogP contribution in [0, 0.1) is 17.6 Å². The monoisotopic (exact) mass is 446 g/mol. The molecule has 166 valence electrons. The molecule has 0 aromatic heterocycles. The Balaban J connectivity index is 1.49. The summed E-state index contributed by atoms with van der Waals surface area (Å²) in [5, 5.41) is 4.74. The molecule has 1 heterocycles. The molecule has 4 nitrogen and oxygen atoms in total. The van der Waals surface area contributed by atoms with Gasteiger partial charge in [-0.05, 0) is 98.0 Å². The van der Waals surface area contributed by atoms with Crippen molar-refractivity contribution in [3.8, 4) is 0 Å². The molecule has 31 heavy (non-hydrogen) atoms. The van der Waals surface area contributed by atoms with Gasteiger partial charge in [-0.2, -0.15) is 0 Å². The minimum Gasteiger partial charge on any atom is -0.299 e. The summed E-state index contributed by atoms with van der Waals surface area (Å²) >= 11 is 0. The molecule has 3 unspecified atom stereocenters. The summed E-state index contributed by atoms with van der Waals surface area (Å²) in [5.41, 5.74) is 3.41. The fourth-order valence-electron chi connectivity index (χ4n) is 5.39. The fraction of sp³-hybridized carbons (Fsp3) is 0.500. The van der Waals surface area contributed by atoms with Crippen LogP contribution in [0.15, 0.2) is 36.4 Å². The van der Waals surface area contributed by atoms with Crippen LogP contribution in [0.2, 0.25) is 0 Å². The zero-order chi connectivity index (χ0) is 21.8. The summed E-state index contributed by atoms with van der Waals surface area (Å²) in [4.78, 5) is 2.43. The first-order chi connectivity index (χ1) is 14.8. The Hall–Kier alpha value is -1.83. The molecule has 1 aliphatic heterocycles. The van der Waals surface area contributed by atoms with Crippen molar-refractivity contribution >= 4 is 10.0 Å². The van der Waals surface area contributed by atoms with Crippen molar-refractivity contribution in [2.24, 2.45) is 11.1 Å². The van der Waals surface area contributed by atoms with Crippen LogP contribution in [-0.4, -0.2) is 37.7 Å². The number of nitrogens with zero attached hydrogens (tertiary/aromatic N) is 1. The van der Waals surface area contributed by atoms with E-state index < -0.39 is 15.3 Å². The van der Waals surface area contributed by atoms with Gasteiger partial charge in [0.05, 0.1) is 5.25 Å². The molecule has 3 atom stereocenters.